The maximum absolute atomic E-state index is 11.9. The average Bonchev–Trinajstić information content (AvgIpc) is 2.75. The Bertz CT molecular complexity index is 485. The van der Waals surface area contributed by atoms with Gasteiger partial charge in [0.1, 0.15) is 9.88 Å². The van der Waals surface area contributed by atoms with Crippen LogP contribution in [0, 0.1) is 0 Å². The van der Waals surface area contributed by atoms with Gasteiger partial charge in [0.2, 0.25) is 0 Å². The lowest BCUT2D eigenvalue weighted by atomic mass is 10.2. The minimum Gasteiger partial charge on any atom is -0.397 e. The van der Waals surface area contributed by atoms with E-state index in [-0.39, 0.29) is 17.5 Å². The van der Waals surface area contributed by atoms with Crippen LogP contribution in [0.1, 0.15) is 46.7 Å². The van der Waals surface area contributed by atoms with Gasteiger partial charge in [-0.25, -0.2) is 0 Å². The minimum absolute atomic E-state index is 0.235. The van der Waals surface area contributed by atoms with Gasteiger partial charge in [0.05, 0.1) is 11.3 Å². The van der Waals surface area contributed by atoms with Crippen molar-refractivity contribution in [2.75, 3.05) is 31.2 Å². The molecule has 0 aliphatic heterocycles. The summed E-state index contributed by atoms with van der Waals surface area (Å²) in [6.45, 7) is 5.19. The molecule has 112 valence electrons. The number of rotatable bonds is 7. The minimum atomic E-state index is -0.284. The Labute approximate surface area is 123 Å². The maximum atomic E-state index is 11.9. The van der Waals surface area contributed by atoms with Crippen LogP contribution in [-0.4, -0.2) is 32.0 Å². The first kappa shape index (κ1) is 16.3. The fourth-order valence-electron chi connectivity index (χ4n) is 1.71. The number of nitrogens with one attached hydrogen (secondary N) is 3. The van der Waals surface area contributed by atoms with Gasteiger partial charge in [0.25, 0.3) is 11.8 Å². The lowest BCUT2D eigenvalue weighted by molar-refractivity contribution is 0.0959. The molecule has 0 bridgehead atoms. The summed E-state index contributed by atoms with van der Waals surface area (Å²) in [4.78, 5) is 24.2. The lowest BCUT2D eigenvalue weighted by Crippen LogP contribution is -2.23. The van der Waals surface area contributed by atoms with Crippen molar-refractivity contribution in [3.63, 3.8) is 0 Å². The van der Waals surface area contributed by atoms with Crippen LogP contribution < -0.4 is 21.7 Å². The third-order valence-corrected chi connectivity index (χ3v) is 3.92. The van der Waals surface area contributed by atoms with Gasteiger partial charge in [-0.1, -0.05) is 13.3 Å². The van der Waals surface area contributed by atoms with Crippen molar-refractivity contribution in [3.05, 3.63) is 10.4 Å². The number of unbranched alkanes of at least 4 members (excludes halogenated alkanes) is 1. The molecule has 0 unspecified atom stereocenters. The number of hydrogen-bond acceptors (Lipinski definition) is 5. The molecule has 20 heavy (non-hydrogen) atoms. The molecule has 2 amide bonds. The van der Waals surface area contributed by atoms with Gasteiger partial charge in [-0.2, -0.15) is 0 Å². The Kier molecular flexibility index (Phi) is 6.30. The highest BCUT2D eigenvalue weighted by molar-refractivity contribution is 7.19. The Hall–Kier alpha value is -1.76. The van der Waals surface area contributed by atoms with E-state index < -0.39 is 0 Å². The number of nitrogens with two attached hydrogens (primary N) is 1. The van der Waals surface area contributed by atoms with Crippen LogP contribution in [0.15, 0.2) is 0 Å². The summed E-state index contributed by atoms with van der Waals surface area (Å²) in [5, 5.41) is 9.09. The Morgan fingerprint density at radius 1 is 1.25 bits per heavy atom. The fraction of sp³-hybridized carbons (Fsp3) is 0.538. The number of carbonyl (C=O) groups is 2. The molecular weight excluding hydrogens is 276 g/mol. The van der Waals surface area contributed by atoms with Gasteiger partial charge in [0.15, 0.2) is 0 Å². The third kappa shape index (κ3) is 3.63. The predicted molar refractivity (Wildman–Crippen MR) is 83.5 cm³/mol. The molecule has 0 radical (unpaired) electrons. The van der Waals surface area contributed by atoms with E-state index in [1.807, 2.05) is 6.92 Å². The Morgan fingerprint density at radius 2 is 1.95 bits per heavy atom. The molecule has 5 N–H and O–H groups in total. The summed E-state index contributed by atoms with van der Waals surface area (Å²) < 4.78 is 0. The van der Waals surface area contributed by atoms with E-state index in [9.17, 15) is 9.59 Å². The van der Waals surface area contributed by atoms with Gasteiger partial charge >= 0.3 is 0 Å². The number of anilines is 2. The second-order valence-electron chi connectivity index (χ2n) is 4.27. The Morgan fingerprint density at radius 3 is 2.50 bits per heavy atom. The van der Waals surface area contributed by atoms with Gasteiger partial charge in [-0.05, 0) is 13.3 Å². The highest BCUT2D eigenvalue weighted by Crippen LogP contribution is 2.35. The second-order valence-corrected chi connectivity index (χ2v) is 5.29. The zero-order valence-electron chi connectivity index (χ0n) is 12.1. The van der Waals surface area contributed by atoms with Crippen LogP contribution in [-0.2, 0) is 0 Å². The SMILES string of the molecule is CCCCNc1sc(C(=O)NCC)c(N)c1C(=O)NC. The summed E-state index contributed by atoms with van der Waals surface area (Å²) in [6.07, 6.45) is 2.04. The molecule has 0 saturated heterocycles. The van der Waals surface area contributed by atoms with Crippen LogP contribution in [0.5, 0.6) is 0 Å². The molecular formula is C13H22N4O2S. The van der Waals surface area contributed by atoms with E-state index >= 15 is 0 Å². The lowest BCUT2D eigenvalue weighted by Gasteiger charge is -2.06. The Balaban J connectivity index is 3.10. The number of nitrogen functional groups attached to an aromatic ring is 1. The van der Waals surface area contributed by atoms with Gasteiger partial charge in [0, 0.05) is 20.1 Å². The predicted octanol–water partition coefficient (Wildman–Crippen LogP) is 1.65. The van der Waals surface area contributed by atoms with Crippen LogP contribution in [0.25, 0.3) is 0 Å². The van der Waals surface area contributed by atoms with Crippen molar-refractivity contribution >= 4 is 33.8 Å². The highest BCUT2D eigenvalue weighted by atomic mass is 32.1. The first-order valence-electron chi connectivity index (χ1n) is 6.73. The van der Waals surface area contributed by atoms with Crippen molar-refractivity contribution in [1.82, 2.24) is 10.6 Å². The van der Waals surface area contributed by atoms with E-state index in [2.05, 4.69) is 22.9 Å². The van der Waals surface area contributed by atoms with E-state index in [0.29, 0.717) is 22.0 Å². The molecule has 0 fully saturated rings. The molecule has 0 atom stereocenters. The summed E-state index contributed by atoms with van der Waals surface area (Å²) >= 11 is 1.22. The average molecular weight is 298 g/mol. The van der Waals surface area contributed by atoms with Gasteiger partial charge in [-0.15, -0.1) is 11.3 Å². The van der Waals surface area contributed by atoms with Crippen molar-refractivity contribution in [2.45, 2.75) is 26.7 Å². The van der Waals surface area contributed by atoms with E-state index in [1.165, 1.54) is 11.3 Å². The molecule has 7 heteroatoms. The van der Waals surface area contributed by atoms with Crippen molar-refractivity contribution in [3.8, 4) is 0 Å². The van der Waals surface area contributed by atoms with Crippen LogP contribution in [0.4, 0.5) is 10.7 Å². The molecule has 1 heterocycles. The standard InChI is InChI=1S/C13H22N4O2S/c1-4-6-7-17-13-8(11(18)15-3)9(14)10(20-13)12(19)16-5-2/h17H,4-7,14H2,1-3H3,(H,15,18)(H,16,19). The maximum Gasteiger partial charge on any atom is 0.263 e. The molecule has 1 rings (SSSR count). The highest BCUT2D eigenvalue weighted by Gasteiger charge is 2.24. The van der Waals surface area contributed by atoms with Crippen LogP contribution in [0.2, 0.25) is 0 Å². The topological polar surface area (TPSA) is 96.2 Å². The van der Waals surface area contributed by atoms with Crippen LogP contribution in [0.3, 0.4) is 0 Å². The van der Waals surface area contributed by atoms with Crippen LogP contribution >= 0.6 is 11.3 Å². The summed E-state index contributed by atoms with van der Waals surface area (Å²) in [6, 6.07) is 0. The van der Waals surface area contributed by atoms with Crippen molar-refractivity contribution in [1.29, 1.82) is 0 Å². The molecule has 0 saturated carbocycles. The third-order valence-electron chi connectivity index (χ3n) is 2.76. The smallest absolute Gasteiger partial charge is 0.263 e. The summed E-state index contributed by atoms with van der Waals surface area (Å²) in [5.74, 6) is -0.531. The molecule has 0 spiro atoms. The summed E-state index contributed by atoms with van der Waals surface area (Å²) in [7, 11) is 1.54. The number of thiophene rings is 1. The molecule has 1 aromatic rings. The quantitative estimate of drug-likeness (QED) is 0.576. The first-order valence-corrected chi connectivity index (χ1v) is 7.54. The second kappa shape index (κ2) is 7.74. The number of amides is 2. The number of carbonyl (C=O) groups excluding carboxylic acids is 2. The van der Waals surface area contributed by atoms with Crippen molar-refractivity contribution < 1.29 is 9.59 Å². The number of hydrogen-bond donors (Lipinski definition) is 4. The van der Waals surface area contributed by atoms with Gasteiger partial charge in [-0.3, -0.25) is 9.59 Å². The zero-order chi connectivity index (χ0) is 15.1. The molecule has 0 aromatic carbocycles. The van der Waals surface area contributed by atoms with E-state index in [4.69, 9.17) is 5.73 Å². The monoisotopic (exact) mass is 298 g/mol. The molecule has 0 aliphatic carbocycles. The largest absolute Gasteiger partial charge is 0.397 e. The van der Waals surface area contributed by atoms with Gasteiger partial charge < -0.3 is 21.7 Å². The molecule has 1 aromatic heterocycles. The normalized spacial score (nSPS) is 10.2. The van der Waals surface area contributed by atoms with Crippen molar-refractivity contribution in [2.24, 2.45) is 0 Å². The first-order chi connectivity index (χ1) is 9.56. The zero-order valence-corrected chi connectivity index (χ0v) is 12.9. The fourth-order valence-corrected chi connectivity index (χ4v) is 2.77. The molecule has 0 aliphatic rings. The molecule has 6 nitrogen and oxygen atoms in total. The summed E-state index contributed by atoms with van der Waals surface area (Å²) in [5.41, 5.74) is 6.56. The van der Waals surface area contributed by atoms with E-state index in [1.54, 1.807) is 7.05 Å². The van der Waals surface area contributed by atoms with E-state index in [0.717, 1.165) is 19.4 Å².